The highest BCUT2D eigenvalue weighted by Gasteiger charge is 2.23. The number of anilines is 1. The third kappa shape index (κ3) is 4.31. The molecule has 0 spiro atoms. The highest BCUT2D eigenvalue weighted by molar-refractivity contribution is 5.95. The number of hydrogen-bond acceptors (Lipinski definition) is 4. The van der Waals surface area contributed by atoms with Crippen LogP contribution in [0.2, 0.25) is 0 Å². The van der Waals surface area contributed by atoms with E-state index >= 15 is 0 Å². The molecule has 0 fully saturated rings. The first-order valence-electron chi connectivity index (χ1n) is 9.08. The monoisotopic (exact) mass is 366 g/mol. The zero-order valence-corrected chi connectivity index (χ0v) is 16.0. The summed E-state index contributed by atoms with van der Waals surface area (Å²) in [7, 11) is 3.29. The molecule has 5 heteroatoms. The van der Waals surface area contributed by atoms with E-state index in [1.54, 1.807) is 25.2 Å². The van der Waals surface area contributed by atoms with Crippen molar-refractivity contribution in [3.05, 3.63) is 66.2 Å². The van der Waals surface area contributed by atoms with Crippen molar-refractivity contribution in [1.29, 1.82) is 0 Å². The van der Waals surface area contributed by atoms with Gasteiger partial charge in [0.1, 0.15) is 0 Å². The third-order valence-electron chi connectivity index (χ3n) is 4.84. The zero-order valence-electron chi connectivity index (χ0n) is 16.0. The van der Waals surface area contributed by atoms with Crippen molar-refractivity contribution >= 4 is 11.6 Å². The predicted octanol–water partition coefficient (Wildman–Crippen LogP) is 3.28. The fraction of sp³-hybridized carbons (Fsp3) is 0.318. The SMILES string of the molecule is C=CCN(C(=O)CN1CCc2cc(OC)c(OC)cc2C1)c1ccccc1. The quantitative estimate of drug-likeness (QED) is 0.705. The number of para-hydroxylation sites is 1. The van der Waals surface area contributed by atoms with E-state index in [0.29, 0.717) is 13.1 Å². The molecule has 2 aromatic carbocycles. The van der Waals surface area contributed by atoms with Crippen LogP contribution in [-0.2, 0) is 17.8 Å². The van der Waals surface area contributed by atoms with Gasteiger partial charge < -0.3 is 14.4 Å². The minimum atomic E-state index is 0.0741. The molecule has 0 bridgehead atoms. The summed E-state index contributed by atoms with van der Waals surface area (Å²) in [6.45, 7) is 6.22. The molecule has 5 nitrogen and oxygen atoms in total. The lowest BCUT2D eigenvalue weighted by molar-refractivity contribution is -0.119. The summed E-state index contributed by atoms with van der Waals surface area (Å²) in [4.78, 5) is 16.9. The fourth-order valence-corrected chi connectivity index (χ4v) is 3.44. The number of hydrogen-bond donors (Lipinski definition) is 0. The molecule has 142 valence electrons. The molecule has 0 N–H and O–H groups in total. The van der Waals surface area contributed by atoms with Gasteiger partial charge in [-0.3, -0.25) is 9.69 Å². The van der Waals surface area contributed by atoms with Gasteiger partial charge in [-0.25, -0.2) is 0 Å². The Balaban J connectivity index is 1.73. The topological polar surface area (TPSA) is 42.0 Å². The lowest BCUT2D eigenvalue weighted by Crippen LogP contribution is -2.42. The standard InChI is InChI=1S/C22H26N2O3/c1-4-11-24(19-8-6-5-7-9-19)22(25)16-23-12-10-17-13-20(26-2)21(27-3)14-18(17)15-23/h4-9,13-14H,1,10-12,15-16H2,2-3H3. The maximum Gasteiger partial charge on any atom is 0.241 e. The van der Waals surface area contributed by atoms with Gasteiger partial charge in [0, 0.05) is 25.3 Å². The van der Waals surface area contributed by atoms with E-state index < -0.39 is 0 Å². The first kappa shape index (κ1) is 19.0. The average Bonchev–Trinajstić information content (AvgIpc) is 2.71. The summed E-state index contributed by atoms with van der Waals surface area (Å²) in [5.74, 6) is 1.55. The second-order valence-corrected chi connectivity index (χ2v) is 6.57. The van der Waals surface area contributed by atoms with Gasteiger partial charge in [-0.15, -0.1) is 6.58 Å². The van der Waals surface area contributed by atoms with Gasteiger partial charge in [0.05, 0.1) is 20.8 Å². The van der Waals surface area contributed by atoms with Crippen LogP contribution in [0.4, 0.5) is 5.69 Å². The van der Waals surface area contributed by atoms with Crippen LogP contribution in [0, 0.1) is 0 Å². The van der Waals surface area contributed by atoms with Crippen molar-refractivity contribution in [2.24, 2.45) is 0 Å². The molecule has 0 radical (unpaired) electrons. The number of carbonyl (C=O) groups excluding carboxylic acids is 1. The number of carbonyl (C=O) groups is 1. The molecular weight excluding hydrogens is 340 g/mol. The first-order chi connectivity index (χ1) is 13.2. The maximum atomic E-state index is 12.9. The van der Waals surface area contributed by atoms with Crippen LogP contribution in [0.15, 0.2) is 55.1 Å². The number of benzene rings is 2. The highest BCUT2D eigenvalue weighted by atomic mass is 16.5. The van der Waals surface area contributed by atoms with Crippen molar-refractivity contribution < 1.29 is 14.3 Å². The normalized spacial score (nSPS) is 13.6. The van der Waals surface area contributed by atoms with Gasteiger partial charge in [-0.05, 0) is 41.8 Å². The predicted molar refractivity (Wildman–Crippen MR) is 108 cm³/mol. The van der Waals surface area contributed by atoms with E-state index in [4.69, 9.17) is 9.47 Å². The second-order valence-electron chi connectivity index (χ2n) is 6.57. The smallest absolute Gasteiger partial charge is 0.241 e. The molecule has 0 saturated carbocycles. The fourth-order valence-electron chi connectivity index (χ4n) is 3.44. The van der Waals surface area contributed by atoms with Gasteiger partial charge >= 0.3 is 0 Å². The Kier molecular flexibility index (Phi) is 6.14. The van der Waals surface area contributed by atoms with Crippen LogP contribution in [0.25, 0.3) is 0 Å². The van der Waals surface area contributed by atoms with Crippen LogP contribution in [0.1, 0.15) is 11.1 Å². The minimum absolute atomic E-state index is 0.0741. The van der Waals surface area contributed by atoms with Gasteiger partial charge in [-0.1, -0.05) is 24.3 Å². The van der Waals surface area contributed by atoms with Gasteiger partial charge in [0.15, 0.2) is 11.5 Å². The molecular formula is C22H26N2O3. The van der Waals surface area contributed by atoms with Crippen molar-refractivity contribution in [2.75, 3.05) is 38.8 Å². The Hall–Kier alpha value is -2.79. The Morgan fingerprint density at radius 2 is 1.81 bits per heavy atom. The van der Waals surface area contributed by atoms with Gasteiger partial charge in [0.2, 0.25) is 5.91 Å². The van der Waals surface area contributed by atoms with Crippen LogP contribution >= 0.6 is 0 Å². The highest BCUT2D eigenvalue weighted by Crippen LogP contribution is 2.33. The largest absolute Gasteiger partial charge is 0.493 e. The van der Waals surface area contributed by atoms with E-state index in [0.717, 1.165) is 36.7 Å². The lowest BCUT2D eigenvalue weighted by atomic mass is 9.98. The number of amides is 1. The van der Waals surface area contributed by atoms with E-state index in [9.17, 15) is 4.79 Å². The Bertz CT molecular complexity index is 805. The van der Waals surface area contributed by atoms with E-state index in [2.05, 4.69) is 11.5 Å². The Labute approximate surface area is 160 Å². The van der Waals surface area contributed by atoms with Crippen molar-refractivity contribution in [1.82, 2.24) is 4.90 Å². The molecule has 0 saturated heterocycles. The van der Waals surface area contributed by atoms with Crippen molar-refractivity contribution in [2.45, 2.75) is 13.0 Å². The van der Waals surface area contributed by atoms with Crippen LogP contribution in [0.3, 0.4) is 0 Å². The number of ether oxygens (including phenoxy) is 2. The van der Waals surface area contributed by atoms with Crippen molar-refractivity contribution in [3.63, 3.8) is 0 Å². The first-order valence-corrected chi connectivity index (χ1v) is 9.08. The molecule has 2 aromatic rings. The second kappa shape index (κ2) is 8.73. The van der Waals surface area contributed by atoms with Crippen molar-refractivity contribution in [3.8, 4) is 11.5 Å². The third-order valence-corrected chi connectivity index (χ3v) is 4.84. The zero-order chi connectivity index (χ0) is 19.2. The Morgan fingerprint density at radius 1 is 1.15 bits per heavy atom. The number of methoxy groups -OCH3 is 2. The molecule has 3 rings (SSSR count). The molecule has 0 unspecified atom stereocenters. The Morgan fingerprint density at radius 3 is 2.44 bits per heavy atom. The molecule has 0 atom stereocenters. The van der Waals surface area contributed by atoms with E-state index in [1.807, 2.05) is 42.5 Å². The summed E-state index contributed by atoms with van der Waals surface area (Å²) >= 11 is 0. The summed E-state index contributed by atoms with van der Waals surface area (Å²) in [5.41, 5.74) is 3.33. The van der Waals surface area contributed by atoms with E-state index in [-0.39, 0.29) is 5.91 Å². The van der Waals surface area contributed by atoms with Crippen LogP contribution < -0.4 is 14.4 Å². The number of fused-ring (bicyclic) bond motifs is 1. The molecule has 1 amide bonds. The molecule has 0 aliphatic carbocycles. The molecule has 27 heavy (non-hydrogen) atoms. The summed E-state index contributed by atoms with van der Waals surface area (Å²) in [6.07, 6.45) is 2.64. The minimum Gasteiger partial charge on any atom is -0.493 e. The summed E-state index contributed by atoms with van der Waals surface area (Å²) in [5, 5.41) is 0. The average molecular weight is 366 g/mol. The molecule has 1 aliphatic rings. The number of rotatable bonds is 7. The number of nitrogens with zero attached hydrogens (tertiary/aromatic N) is 2. The molecule has 0 aromatic heterocycles. The van der Waals surface area contributed by atoms with Gasteiger partial charge in [-0.2, -0.15) is 0 Å². The lowest BCUT2D eigenvalue weighted by Gasteiger charge is -2.31. The summed E-state index contributed by atoms with van der Waals surface area (Å²) in [6, 6.07) is 13.8. The van der Waals surface area contributed by atoms with E-state index in [1.165, 1.54) is 11.1 Å². The maximum absolute atomic E-state index is 12.9. The van der Waals surface area contributed by atoms with Crippen LogP contribution in [-0.4, -0.2) is 44.7 Å². The van der Waals surface area contributed by atoms with Crippen LogP contribution in [0.5, 0.6) is 11.5 Å². The summed E-state index contributed by atoms with van der Waals surface area (Å²) < 4.78 is 10.8. The van der Waals surface area contributed by atoms with Gasteiger partial charge in [0.25, 0.3) is 0 Å². The molecule has 1 aliphatic heterocycles. The molecule has 1 heterocycles.